The van der Waals surface area contributed by atoms with Crippen molar-refractivity contribution < 1.29 is 4.74 Å². The van der Waals surface area contributed by atoms with E-state index in [4.69, 9.17) is 16.3 Å². The quantitative estimate of drug-likeness (QED) is 0.774. The first-order valence-corrected chi connectivity index (χ1v) is 8.48. The lowest BCUT2D eigenvalue weighted by Gasteiger charge is -2.35. The molecule has 0 spiro atoms. The maximum atomic E-state index is 6.22. The summed E-state index contributed by atoms with van der Waals surface area (Å²) in [6, 6.07) is 6.22. The number of halogens is 1. The van der Waals surface area contributed by atoms with Crippen molar-refractivity contribution in [1.29, 1.82) is 0 Å². The zero-order valence-electron chi connectivity index (χ0n) is 13.2. The Morgan fingerprint density at radius 2 is 2.24 bits per heavy atom. The van der Waals surface area contributed by atoms with Crippen molar-refractivity contribution in [2.75, 3.05) is 31.1 Å². The molecule has 4 heteroatoms. The van der Waals surface area contributed by atoms with E-state index in [1.54, 1.807) is 0 Å². The molecular weight excluding hydrogens is 284 g/mol. The van der Waals surface area contributed by atoms with Crippen LogP contribution in [0.5, 0.6) is 0 Å². The number of rotatable bonds is 7. The number of piperidine rings is 1. The topological polar surface area (TPSA) is 24.5 Å². The van der Waals surface area contributed by atoms with Gasteiger partial charge in [0.15, 0.2) is 0 Å². The van der Waals surface area contributed by atoms with Gasteiger partial charge < -0.3 is 15.0 Å². The van der Waals surface area contributed by atoms with Crippen molar-refractivity contribution >= 4 is 17.3 Å². The Hall–Kier alpha value is -0.770. The van der Waals surface area contributed by atoms with E-state index >= 15 is 0 Å². The highest BCUT2D eigenvalue weighted by atomic mass is 35.5. The van der Waals surface area contributed by atoms with Crippen LogP contribution in [0.25, 0.3) is 0 Å². The minimum Gasteiger partial charge on any atom is -0.377 e. The van der Waals surface area contributed by atoms with Gasteiger partial charge in [-0.3, -0.25) is 0 Å². The standard InChI is InChI=1S/C17H27ClN2O/c1-3-9-19-12-14-7-8-15(18)11-17(14)20-10-5-6-16(13-20)21-4-2/h7-8,11,16,19H,3-6,9-10,12-13H2,1-2H3. The molecule has 0 saturated carbocycles. The van der Waals surface area contributed by atoms with Crippen LogP contribution >= 0.6 is 11.6 Å². The lowest BCUT2D eigenvalue weighted by Crippen LogP contribution is -2.40. The fraction of sp³-hybridized carbons (Fsp3) is 0.647. The van der Waals surface area contributed by atoms with Crippen LogP contribution in [0.3, 0.4) is 0 Å². The molecule has 1 aliphatic rings. The molecule has 0 radical (unpaired) electrons. The summed E-state index contributed by atoms with van der Waals surface area (Å²) in [4.78, 5) is 2.43. The third-order valence-electron chi connectivity index (χ3n) is 3.91. The van der Waals surface area contributed by atoms with Crippen molar-refractivity contribution in [1.82, 2.24) is 5.32 Å². The van der Waals surface area contributed by atoms with Crippen LogP contribution in [0.2, 0.25) is 5.02 Å². The molecule has 0 aliphatic carbocycles. The van der Waals surface area contributed by atoms with Gasteiger partial charge in [-0.05, 0) is 50.4 Å². The average Bonchev–Trinajstić information content (AvgIpc) is 2.49. The molecule has 3 nitrogen and oxygen atoms in total. The number of hydrogen-bond donors (Lipinski definition) is 1. The van der Waals surface area contributed by atoms with E-state index < -0.39 is 0 Å². The molecule has 1 heterocycles. The number of benzene rings is 1. The highest BCUT2D eigenvalue weighted by Gasteiger charge is 2.22. The van der Waals surface area contributed by atoms with E-state index in [1.807, 2.05) is 6.07 Å². The minimum absolute atomic E-state index is 0.346. The fourth-order valence-electron chi connectivity index (χ4n) is 2.91. The van der Waals surface area contributed by atoms with Crippen LogP contribution < -0.4 is 10.2 Å². The van der Waals surface area contributed by atoms with Crippen LogP contribution in [-0.4, -0.2) is 32.3 Å². The molecule has 1 N–H and O–H groups in total. The largest absolute Gasteiger partial charge is 0.377 e. The molecule has 1 aromatic carbocycles. The number of ether oxygens (including phenoxy) is 1. The number of hydrogen-bond acceptors (Lipinski definition) is 3. The monoisotopic (exact) mass is 310 g/mol. The van der Waals surface area contributed by atoms with Crippen LogP contribution in [0.1, 0.15) is 38.7 Å². The fourth-order valence-corrected chi connectivity index (χ4v) is 3.08. The average molecular weight is 311 g/mol. The second kappa shape index (κ2) is 8.62. The molecule has 0 amide bonds. The Labute approximate surface area is 133 Å². The minimum atomic E-state index is 0.346. The third-order valence-corrected chi connectivity index (χ3v) is 4.15. The van der Waals surface area contributed by atoms with Gasteiger partial charge in [0.25, 0.3) is 0 Å². The van der Waals surface area contributed by atoms with E-state index in [-0.39, 0.29) is 0 Å². The molecular formula is C17H27ClN2O. The lowest BCUT2D eigenvalue weighted by atomic mass is 10.0. The molecule has 1 aliphatic heterocycles. The maximum absolute atomic E-state index is 6.22. The summed E-state index contributed by atoms with van der Waals surface area (Å²) in [5, 5.41) is 4.29. The summed E-state index contributed by atoms with van der Waals surface area (Å²) in [5.41, 5.74) is 2.58. The number of nitrogens with zero attached hydrogens (tertiary/aromatic N) is 1. The summed E-state index contributed by atoms with van der Waals surface area (Å²) in [6.45, 7) is 9.05. The Balaban J connectivity index is 2.10. The maximum Gasteiger partial charge on any atom is 0.0750 e. The summed E-state index contributed by atoms with van der Waals surface area (Å²) < 4.78 is 5.81. The van der Waals surface area contributed by atoms with Gasteiger partial charge in [0.1, 0.15) is 0 Å². The highest BCUT2D eigenvalue weighted by molar-refractivity contribution is 6.30. The van der Waals surface area contributed by atoms with Crippen molar-refractivity contribution in [3.05, 3.63) is 28.8 Å². The molecule has 21 heavy (non-hydrogen) atoms. The number of nitrogens with one attached hydrogen (secondary N) is 1. The molecule has 0 bridgehead atoms. The second-order valence-corrected chi connectivity index (χ2v) is 6.05. The highest BCUT2D eigenvalue weighted by Crippen LogP contribution is 2.28. The first-order chi connectivity index (χ1) is 10.2. The SMILES string of the molecule is CCCNCc1ccc(Cl)cc1N1CCCC(OCC)C1. The smallest absolute Gasteiger partial charge is 0.0750 e. The van der Waals surface area contributed by atoms with Gasteiger partial charge in [-0.2, -0.15) is 0 Å². The van der Waals surface area contributed by atoms with Gasteiger partial charge >= 0.3 is 0 Å². The van der Waals surface area contributed by atoms with Gasteiger partial charge in [-0.1, -0.05) is 24.6 Å². The Bertz CT molecular complexity index is 437. The molecule has 118 valence electrons. The zero-order valence-corrected chi connectivity index (χ0v) is 14.0. The summed E-state index contributed by atoms with van der Waals surface area (Å²) in [6.07, 6.45) is 3.84. The predicted molar refractivity (Wildman–Crippen MR) is 90.3 cm³/mol. The van der Waals surface area contributed by atoms with E-state index in [1.165, 1.54) is 17.7 Å². The predicted octanol–water partition coefficient (Wildman–Crippen LogP) is 3.84. The molecule has 1 unspecified atom stereocenters. The van der Waals surface area contributed by atoms with Gasteiger partial charge in [-0.25, -0.2) is 0 Å². The van der Waals surface area contributed by atoms with Gasteiger partial charge in [0.2, 0.25) is 0 Å². The van der Waals surface area contributed by atoms with E-state index in [0.29, 0.717) is 6.10 Å². The molecule has 1 atom stereocenters. The molecule has 0 aromatic heterocycles. The lowest BCUT2D eigenvalue weighted by molar-refractivity contribution is 0.0526. The summed E-state index contributed by atoms with van der Waals surface area (Å²) in [5.74, 6) is 0. The van der Waals surface area contributed by atoms with Crippen LogP contribution in [0.4, 0.5) is 5.69 Å². The molecule has 2 rings (SSSR count). The van der Waals surface area contributed by atoms with E-state index in [0.717, 1.165) is 50.7 Å². The van der Waals surface area contributed by atoms with E-state index in [9.17, 15) is 0 Å². The Morgan fingerprint density at radius 1 is 1.38 bits per heavy atom. The van der Waals surface area contributed by atoms with Crippen LogP contribution in [0, 0.1) is 0 Å². The second-order valence-electron chi connectivity index (χ2n) is 5.62. The number of anilines is 1. The van der Waals surface area contributed by atoms with Gasteiger partial charge in [0, 0.05) is 37.0 Å². The third kappa shape index (κ3) is 4.87. The molecule has 1 saturated heterocycles. The van der Waals surface area contributed by atoms with Gasteiger partial charge in [-0.15, -0.1) is 0 Å². The molecule has 1 fully saturated rings. The zero-order chi connectivity index (χ0) is 15.1. The molecule has 1 aromatic rings. The van der Waals surface area contributed by atoms with Crippen LogP contribution in [0.15, 0.2) is 18.2 Å². The Morgan fingerprint density at radius 3 is 3.00 bits per heavy atom. The van der Waals surface area contributed by atoms with Crippen molar-refractivity contribution in [2.45, 2.75) is 45.8 Å². The van der Waals surface area contributed by atoms with Crippen molar-refractivity contribution in [2.24, 2.45) is 0 Å². The van der Waals surface area contributed by atoms with E-state index in [2.05, 4.69) is 36.2 Å². The summed E-state index contributed by atoms with van der Waals surface area (Å²) in [7, 11) is 0. The normalized spacial score (nSPS) is 19.0. The van der Waals surface area contributed by atoms with Crippen molar-refractivity contribution in [3.8, 4) is 0 Å². The van der Waals surface area contributed by atoms with Crippen molar-refractivity contribution in [3.63, 3.8) is 0 Å². The van der Waals surface area contributed by atoms with Crippen LogP contribution in [-0.2, 0) is 11.3 Å². The first-order valence-electron chi connectivity index (χ1n) is 8.10. The first kappa shape index (κ1) is 16.6. The Kier molecular flexibility index (Phi) is 6.81. The van der Waals surface area contributed by atoms with Gasteiger partial charge in [0.05, 0.1) is 6.10 Å². The summed E-state index contributed by atoms with van der Waals surface area (Å²) >= 11 is 6.22.